The maximum Gasteiger partial charge on any atom is 0.0190 e. The molecule has 3 unspecified atom stereocenters. The fourth-order valence-corrected chi connectivity index (χ4v) is 2.22. The predicted octanol–water partition coefficient (Wildman–Crippen LogP) is 1.31. The Bertz CT molecular complexity index is 126. The van der Waals surface area contributed by atoms with E-state index < -0.39 is 0 Å². The van der Waals surface area contributed by atoms with Crippen molar-refractivity contribution in [2.45, 2.75) is 33.2 Å². The molecule has 0 aliphatic carbocycles. The number of hydrogen-bond donors (Lipinski definition) is 1. The highest BCUT2D eigenvalue weighted by Gasteiger charge is 2.24. The number of nitrogens with two attached hydrogens (primary N) is 1. The van der Waals surface area contributed by atoms with Gasteiger partial charge in [0.25, 0.3) is 0 Å². The molecule has 1 heterocycles. The standard InChI is InChI=1S/C10H22N2/c1-8-4-9(2)7-12(6-8)10(3)5-11/h8-10H,4-7,11H2,1-3H3. The van der Waals surface area contributed by atoms with Gasteiger partial charge in [0.1, 0.15) is 0 Å². The molecule has 12 heavy (non-hydrogen) atoms. The van der Waals surface area contributed by atoms with Crippen molar-refractivity contribution in [1.82, 2.24) is 4.90 Å². The highest BCUT2D eigenvalue weighted by atomic mass is 15.2. The number of likely N-dealkylation sites (tertiary alicyclic amines) is 1. The zero-order valence-corrected chi connectivity index (χ0v) is 8.59. The van der Waals surface area contributed by atoms with Crippen molar-refractivity contribution in [3.63, 3.8) is 0 Å². The highest BCUT2D eigenvalue weighted by Crippen LogP contribution is 2.21. The Balaban J connectivity index is 2.43. The van der Waals surface area contributed by atoms with E-state index in [1.165, 1.54) is 19.5 Å². The fraction of sp³-hybridized carbons (Fsp3) is 1.00. The van der Waals surface area contributed by atoms with Gasteiger partial charge in [-0.1, -0.05) is 13.8 Å². The van der Waals surface area contributed by atoms with Crippen molar-refractivity contribution >= 4 is 0 Å². The maximum atomic E-state index is 5.65. The van der Waals surface area contributed by atoms with Crippen molar-refractivity contribution in [2.24, 2.45) is 17.6 Å². The Morgan fingerprint density at radius 3 is 2.25 bits per heavy atom. The molecule has 0 saturated carbocycles. The molecule has 2 N–H and O–H groups in total. The third kappa shape index (κ3) is 2.46. The third-order valence-electron chi connectivity index (χ3n) is 2.86. The van der Waals surface area contributed by atoms with E-state index in [0.29, 0.717) is 6.04 Å². The summed E-state index contributed by atoms with van der Waals surface area (Å²) in [5, 5.41) is 0. The molecule has 1 rings (SSSR count). The van der Waals surface area contributed by atoms with Crippen LogP contribution in [0, 0.1) is 11.8 Å². The van der Waals surface area contributed by atoms with E-state index in [1.807, 2.05) is 0 Å². The van der Waals surface area contributed by atoms with Crippen molar-refractivity contribution < 1.29 is 0 Å². The lowest BCUT2D eigenvalue weighted by Crippen LogP contribution is -2.46. The summed E-state index contributed by atoms with van der Waals surface area (Å²) in [6.07, 6.45) is 1.38. The summed E-state index contributed by atoms with van der Waals surface area (Å²) in [6.45, 7) is 10.2. The van der Waals surface area contributed by atoms with E-state index in [-0.39, 0.29) is 0 Å². The van der Waals surface area contributed by atoms with Crippen molar-refractivity contribution in [2.75, 3.05) is 19.6 Å². The molecule has 2 nitrogen and oxygen atoms in total. The third-order valence-corrected chi connectivity index (χ3v) is 2.86. The summed E-state index contributed by atoms with van der Waals surface area (Å²) in [6, 6.07) is 0.565. The van der Waals surface area contributed by atoms with Crippen LogP contribution < -0.4 is 5.73 Å². The zero-order valence-electron chi connectivity index (χ0n) is 8.59. The minimum absolute atomic E-state index is 0.565. The van der Waals surface area contributed by atoms with E-state index >= 15 is 0 Å². The molecule has 2 heteroatoms. The lowest BCUT2D eigenvalue weighted by Gasteiger charge is -2.38. The number of rotatable bonds is 2. The average molecular weight is 170 g/mol. The molecule has 0 aromatic heterocycles. The normalized spacial score (nSPS) is 35.0. The van der Waals surface area contributed by atoms with Crippen LogP contribution >= 0.6 is 0 Å². The highest BCUT2D eigenvalue weighted by molar-refractivity contribution is 4.78. The topological polar surface area (TPSA) is 29.3 Å². The molecule has 1 saturated heterocycles. The first-order chi connectivity index (χ1) is 5.63. The van der Waals surface area contributed by atoms with Gasteiger partial charge in [-0.25, -0.2) is 0 Å². The molecule has 0 aromatic carbocycles. The van der Waals surface area contributed by atoms with E-state index in [0.717, 1.165) is 18.4 Å². The molecule has 1 aliphatic heterocycles. The molecule has 1 fully saturated rings. The van der Waals surface area contributed by atoms with Crippen LogP contribution in [0.25, 0.3) is 0 Å². The molecule has 3 atom stereocenters. The first-order valence-electron chi connectivity index (χ1n) is 5.07. The SMILES string of the molecule is CC1CC(C)CN(C(C)CN)C1. The second-order valence-corrected chi connectivity index (χ2v) is 4.48. The summed E-state index contributed by atoms with van der Waals surface area (Å²) < 4.78 is 0. The van der Waals surface area contributed by atoms with Crippen LogP contribution in [0.2, 0.25) is 0 Å². The molecule has 1 aliphatic rings. The van der Waals surface area contributed by atoms with Crippen LogP contribution in [-0.4, -0.2) is 30.6 Å². The molecule has 0 bridgehead atoms. The van der Waals surface area contributed by atoms with Gasteiger partial charge in [0.15, 0.2) is 0 Å². The van der Waals surface area contributed by atoms with Crippen molar-refractivity contribution in [1.29, 1.82) is 0 Å². The minimum Gasteiger partial charge on any atom is -0.329 e. The number of nitrogens with zero attached hydrogens (tertiary/aromatic N) is 1. The van der Waals surface area contributed by atoms with Crippen LogP contribution in [0.5, 0.6) is 0 Å². The largest absolute Gasteiger partial charge is 0.329 e. The first kappa shape index (κ1) is 10.0. The second kappa shape index (κ2) is 4.24. The Labute approximate surface area is 76.1 Å². The monoisotopic (exact) mass is 170 g/mol. The molecule has 0 aromatic rings. The Hall–Kier alpha value is -0.0800. The van der Waals surface area contributed by atoms with Gasteiger partial charge in [-0.05, 0) is 25.2 Å². The molecule has 72 valence electrons. The first-order valence-corrected chi connectivity index (χ1v) is 5.07. The smallest absolute Gasteiger partial charge is 0.0190 e. The lowest BCUT2D eigenvalue weighted by molar-refractivity contribution is 0.106. The Morgan fingerprint density at radius 1 is 1.33 bits per heavy atom. The van der Waals surface area contributed by atoms with Gasteiger partial charge < -0.3 is 5.73 Å². The number of piperidine rings is 1. The molecule has 0 radical (unpaired) electrons. The van der Waals surface area contributed by atoms with Gasteiger partial charge >= 0.3 is 0 Å². The van der Waals surface area contributed by atoms with Crippen LogP contribution in [0.15, 0.2) is 0 Å². The van der Waals surface area contributed by atoms with Crippen LogP contribution in [0.4, 0.5) is 0 Å². The predicted molar refractivity (Wildman–Crippen MR) is 53.0 cm³/mol. The van der Waals surface area contributed by atoms with Crippen LogP contribution in [0.1, 0.15) is 27.2 Å². The van der Waals surface area contributed by atoms with E-state index in [1.54, 1.807) is 0 Å². The maximum absolute atomic E-state index is 5.65. The summed E-state index contributed by atoms with van der Waals surface area (Å²) in [4.78, 5) is 2.53. The minimum atomic E-state index is 0.565. The van der Waals surface area contributed by atoms with Gasteiger partial charge in [-0.3, -0.25) is 4.90 Å². The molecular formula is C10H22N2. The van der Waals surface area contributed by atoms with E-state index in [2.05, 4.69) is 25.7 Å². The molecular weight excluding hydrogens is 148 g/mol. The summed E-state index contributed by atoms with van der Waals surface area (Å²) in [7, 11) is 0. The van der Waals surface area contributed by atoms with Gasteiger partial charge in [0, 0.05) is 25.7 Å². The van der Waals surface area contributed by atoms with Crippen LogP contribution in [0.3, 0.4) is 0 Å². The lowest BCUT2D eigenvalue weighted by atomic mass is 9.91. The fourth-order valence-electron chi connectivity index (χ4n) is 2.22. The quantitative estimate of drug-likeness (QED) is 0.677. The van der Waals surface area contributed by atoms with Gasteiger partial charge in [0.05, 0.1) is 0 Å². The second-order valence-electron chi connectivity index (χ2n) is 4.48. The number of hydrogen-bond acceptors (Lipinski definition) is 2. The molecule has 0 spiro atoms. The zero-order chi connectivity index (χ0) is 9.14. The van der Waals surface area contributed by atoms with Crippen molar-refractivity contribution in [3.8, 4) is 0 Å². The van der Waals surface area contributed by atoms with Crippen LogP contribution in [-0.2, 0) is 0 Å². The summed E-state index contributed by atoms with van der Waals surface area (Å²) in [5.74, 6) is 1.70. The summed E-state index contributed by atoms with van der Waals surface area (Å²) in [5.41, 5.74) is 5.65. The van der Waals surface area contributed by atoms with Gasteiger partial charge in [-0.2, -0.15) is 0 Å². The Morgan fingerprint density at radius 2 is 1.83 bits per heavy atom. The van der Waals surface area contributed by atoms with E-state index in [4.69, 9.17) is 5.73 Å². The van der Waals surface area contributed by atoms with Gasteiger partial charge in [-0.15, -0.1) is 0 Å². The average Bonchev–Trinajstić information content (AvgIpc) is 2.01. The Kier molecular flexibility index (Phi) is 3.53. The van der Waals surface area contributed by atoms with Crippen molar-refractivity contribution in [3.05, 3.63) is 0 Å². The van der Waals surface area contributed by atoms with Gasteiger partial charge in [0.2, 0.25) is 0 Å². The molecule has 0 amide bonds. The van der Waals surface area contributed by atoms with E-state index in [9.17, 15) is 0 Å². The summed E-state index contributed by atoms with van der Waals surface area (Å²) >= 11 is 0.